The SMILES string of the molecule is O=C(Nc1n[nH]c2c1CN(C(=O)CCNC(=O)c1nccn(Cc3ccc(F)c(F)c3)c1=O)C2)c1ccc(N2CCNCC2)cc1. The summed E-state index contributed by atoms with van der Waals surface area (Å²) in [6.45, 7) is 3.99. The Balaban J connectivity index is 0.997. The van der Waals surface area contributed by atoms with Gasteiger partial charge in [0, 0.05) is 68.4 Å². The number of H-pyrrole nitrogens is 1. The highest BCUT2D eigenvalue weighted by Gasteiger charge is 2.29. The molecule has 1 saturated heterocycles. The number of amides is 3. The van der Waals surface area contributed by atoms with E-state index in [-0.39, 0.29) is 44.4 Å². The maximum Gasteiger partial charge on any atom is 0.282 e. The Labute approximate surface area is 261 Å². The zero-order valence-corrected chi connectivity index (χ0v) is 24.7. The maximum atomic E-state index is 13.6. The summed E-state index contributed by atoms with van der Waals surface area (Å²) in [6, 6.07) is 10.7. The van der Waals surface area contributed by atoms with Crippen LogP contribution in [0.3, 0.4) is 0 Å². The molecule has 1 fully saturated rings. The van der Waals surface area contributed by atoms with Gasteiger partial charge >= 0.3 is 0 Å². The molecular weight excluding hydrogens is 600 g/mol. The monoisotopic (exact) mass is 631 g/mol. The van der Waals surface area contributed by atoms with Crippen LogP contribution in [0.4, 0.5) is 20.3 Å². The van der Waals surface area contributed by atoms with E-state index in [4.69, 9.17) is 0 Å². The van der Waals surface area contributed by atoms with Crippen LogP contribution >= 0.6 is 0 Å². The number of aromatic nitrogens is 4. The molecule has 0 bridgehead atoms. The smallest absolute Gasteiger partial charge is 0.282 e. The summed E-state index contributed by atoms with van der Waals surface area (Å²) in [4.78, 5) is 59.0. The number of piperazine rings is 1. The van der Waals surface area contributed by atoms with Gasteiger partial charge in [-0.05, 0) is 42.0 Å². The van der Waals surface area contributed by atoms with Crippen molar-refractivity contribution in [3.63, 3.8) is 0 Å². The first kappa shape index (κ1) is 30.6. The Morgan fingerprint density at radius 3 is 2.50 bits per heavy atom. The largest absolute Gasteiger partial charge is 0.369 e. The number of hydrogen-bond donors (Lipinski definition) is 4. The van der Waals surface area contributed by atoms with Crippen molar-refractivity contribution < 1.29 is 23.2 Å². The number of aromatic amines is 1. The molecule has 0 saturated carbocycles. The Morgan fingerprint density at radius 1 is 0.957 bits per heavy atom. The van der Waals surface area contributed by atoms with Crippen molar-refractivity contribution in [3.8, 4) is 0 Å². The van der Waals surface area contributed by atoms with Gasteiger partial charge in [0.05, 0.1) is 25.3 Å². The lowest BCUT2D eigenvalue weighted by Gasteiger charge is -2.29. The molecule has 2 aliphatic rings. The molecule has 0 unspecified atom stereocenters. The molecule has 0 aliphatic carbocycles. The number of fused-ring (bicyclic) bond motifs is 1. The van der Waals surface area contributed by atoms with Gasteiger partial charge in [-0.2, -0.15) is 5.10 Å². The summed E-state index contributed by atoms with van der Waals surface area (Å²) >= 11 is 0. The first-order valence-corrected chi connectivity index (χ1v) is 14.8. The number of carbonyl (C=O) groups is 3. The van der Waals surface area contributed by atoms with E-state index in [1.807, 2.05) is 12.1 Å². The number of halogens is 2. The van der Waals surface area contributed by atoms with E-state index in [9.17, 15) is 28.0 Å². The van der Waals surface area contributed by atoms with E-state index in [0.717, 1.165) is 48.6 Å². The van der Waals surface area contributed by atoms with Gasteiger partial charge in [0.2, 0.25) is 5.91 Å². The Hall–Kier alpha value is -5.44. The van der Waals surface area contributed by atoms with Gasteiger partial charge in [0.1, 0.15) is 0 Å². The minimum atomic E-state index is -1.04. The summed E-state index contributed by atoms with van der Waals surface area (Å²) in [6.07, 6.45) is 2.55. The fourth-order valence-electron chi connectivity index (χ4n) is 5.43. The summed E-state index contributed by atoms with van der Waals surface area (Å²) in [5, 5.41) is 15.8. The van der Waals surface area contributed by atoms with Gasteiger partial charge in [-0.3, -0.25) is 24.3 Å². The molecule has 0 atom stereocenters. The van der Waals surface area contributed by atoms with Crippen LogP contribution in [-0.4, -0.2) is 75.1 Å². The average molecular weight is 632 g/mol. The summed E-state index contributed by atoms with van der Waals surface area (Å²) in [7, 11) is 0. The number of nitrogens with zero attached hydrogens (tertiary/aromatic N) is 5. The molecule has 15 heteroatoms. The van der Waals surface area contributed by atoms with Crippen LogP contribution in [0.2, 0.25) is 0 Å². The highest BCUT2D eigenvalue weighted by molar-refractivity contribution is 6.04. The lowest BCUT2D eigenvalue weighted by Crippen LogP contribution is -2.43. The molecule has 2 aliphatic heterocycles. The molecule has 4 N–H and O–H groups in total. The number of hydrogen-bond acceptors (Lipinski definition) is 8. The zero-order chi connectivity index (χ0) is 32.2. The van der Waals surface area contributed by atoms with Crippen molar-refractivity contribution in [3.05, 3.63) is 105 Å². The molecule has 6 rings (SSSR count). The maximum absolute atomic E-state index is 13.6. The van der Waals surface area contributed by atoms with Crippen molar-refractivity contribution in [1.82, 2.24) is 35.3 Å². The standard InChI is InChI=1S/C31H31F2N9O4/c32-23-6-1-19(15-24(23)33)16-41-14-11-35-27(31(41)46)30(45)36-8-7-26(43)42-17-22-25(18-42)38-39-28(22)37-29(44)20-2-4-21(5-3-20)40-12-9-34-10-13-40/h1-6,11,14-15,34H,7-10,12-13,16-18H2,(H,36,45)(H2,37,38,39,44). The molecule has 2 aromatic heterocycles. The van der Waals surface area contributed by atoms with Crippen LogP contribution in [0.15, 0.2) is 59.7 Å². The molecule has 46 heavy (non-hydrogen) atoms. The Kier molecular flexibility index (Phi) is 8.83. The van der Waals surface area contributed by atoms with E-state index in [1.54, 1.807) is 17.0 Å². The summed E-state index contributed by atoms with van der Waals surface area (Å²) in [5.74, 6) is -3.02. The minimum Gasteiger partial charge on any atom is -0.369 e. The second-order valence-electron chi connectivity index (χ2n) is 11.0. The molecule has 13 nitrogen and oxygen atoms in total. The predicted molar refractivity (Wildman–Crippen MR) is 163 cm³/mol. The zero-order valence-electron chi connectivity index (χ0n) is 24.7. The van der Waals surface area contributed by atoms with Gasteiger partial charge in [0.15, 0.2) is 23.1 Å². The van der Waals surface area contributed by atoms with Crippen molar-refractivity contribution in [2.45, 2.75) is 26.1 Å². The summed E-state index contributed by atoms with van der Waals surface area (Å²) in [5.41, 5.74) is 2.18. The van der Waals surface area contributed by atoms with Crippen molar-refractivity contribution >= 4 is 29.2 Å². The number of benzene rings is 2. The predicted octanol–water partition coefficient (Wildman–Crippen LogP) is 1.62. The first-order chi connectivity index (χ1) is 22.3. The third-order valence-corrected chi connectivity index (χ3v) is 7.94. The van der Waals surface area contributed by atoms with Gasteiger partial charge in [-0.15, -0.1) is 0 Å². The van der Waals surface area contributed by atoms with Crippen LogP contribution < -0.4 is 26.4 Å². The second kappa shape index (κ2) is 13.3. The van der Waals surface area contributed by atoms with E-state index in [0.29, 0.717) is 28.2 Å². The Bertz CT molecular complexity index is 1830. The van der Waals surface area contributed by atoms with Crippen molar-refractivity contribution in [2.24, 2.45) is 0 Å². The van der Waals surface area contributed by atoms with E-state index in [1.165, 1.54) is 18.5 Å². The minimum absolute atomic E-state index is 0.0412. The van der Waals surface area contributed by atoms with Crippen LogP contribution in [0.5, 0.6) is 0 Å². The quantitative estimate of drug-likeness (QED) is 0.217. The molecule has 4 aromatic rings. The van der Waals surface area contributed by atoms with Crippen molar-refractivity contribution in [1.29, 1.82) is 0 Å². The van der Waals surface area contributed by atoms with Gasteiger partial charge in [-0.25, -0.2) is 13.8 Å². The molecule has 0 radical (unpaired) electrons. The first-order valence-electron chi connectivity index (χ1n) is 14.8. The molecule has 238 valence electrons. The molecule has 4 heterocycles. The van der Waals surface area contributed by atoms with Crippen molar-refractivity contribution in [2.75, 3.05) is 42.9 Å². The Morgan fingerprint density at radius 2 is 1.74 bits per heavy atom. The third kappa shape index (κ3) is 6.63. The van der Waals surface area contributed by atoms with Crippen LogP contribution in [0.1, 0.15) is 44.1 Å². The second-order valence-corrected chi connectivity index (χ2v) is 11.0. The fraction of sp³-hybridized carbons (Fsp3) is 0.290. The van der Waals surface area contributed by atoms with Crippen LogP contribution in [0, 0.1) is 11.6 Å². The van der Waals surface area contributed by atoms with E-state index in [2.05, 4.69) is 36.0 Å². The highest BCUT2D eigenvalue weighted by atomic mass is 19.2. The normalized spacial score (nSPS) is 14.2. The van der Waals surface area contributed by atoms with Gasteiger partial charge < -0.3 is 30.3 Å². The van der Waals surface area contributed by atoms with Gasteiger partial charge in [0.25, 0.3) is 17.4 Å². The summed E-state index contributed by atoms with van der Waals surface area (Å²) < 4.78 is 28.0. The third-order valence-electron chi connectivity index (χ3n) is 7.94. The lowest BCUT2D eigenvalue weighted by atomic mass is 10.1. The molecule has 3 amide bonds. The van der Waals surface area contributed by atoms with E-state index >= 15 is 0 Å². The van der Waals surface area contributed by atoms with Crippen LogP contribution in [-0.2, 0) is 24.4 Å². The topological polar surface area (TPSA) is 157 Å². The molecule has 2 aromatic carbocycles. The lowest BCUT2D eigenvalue weighted by molar-refractivity contribution is -0.131. The van der Waals surface area contributed by atoms with E-state index < -0.39 is 28.8 Å². The highest BCUT2D eigenvalue weighted by Crippen LogP contribution is 2.28. The average Bonchev–Trinajstić information content (AvgIpc) is 3.66. The van der Waals surface area contributed by atoms with Crippen LogP contribution in [0.25, 0.3) is 0 Å². The number of anilines is 2. The fourth-order valence-corrected chi connectivity index (χ4v) is 5.43. The number of carbonyl (C=O) groups excluding carboxylic acids is 3. The molecular formula is C31H31F2N9O4. The molecule has 0 spiro atoms. The number of nitrogens with one attached hydrogen (secondary N) is 4. The van der Waals surface area contributed by atoms with Gasteiger partial charge in [-0.1, -0.05) is 6.07 Å². The number of rotatable bonds is 9.